The van der Waals surface area contributed by atoms with Gasteiger partial charge in [-0.05, 0) is 41.5 Å². The topological polar surface area (TPSA) is 63.4 Å². The van der Waals surface area contributed by atoms with Crippen LogP contribution in [0, 0.1) is 0 Å². The summed E-state index contributed by atoms with van der Waals surface area (Å²) in [5.74, 6) is -0.278. The van der Waals surface area contributed by atoms with E-state index in [1.807, 2.05) is 18.2 Å². The molecule has 0 spiro atoms. The lowest BCUT2D eigenvalue weighted by molar-refractivity contribution is -0.263. The molecule has 0 unspecified atom stereocenters. The first-order valence-corrected chi connectivity index (χ1v) is 8.85. The number of H-pyrrole nitrogens is 1. The number of aromatic amines is 1. The second-order valence-corrected chi connectivity index (χ2v) is 6.62. The zero-order valence-electron chi connectivity index (χ0n) is 15.4. The minimum absolute atomic E-state index is 0.0157. The summed E-state index contributed by atoms with van der Waals surface area (Å²) >= 11 is 0. The van der Waals surface area contributed by atoms with Gasteiger partial charge >= 0.3 is 6.18 Å². The molecule has 29 heavy (non-hydrogen) atoms. The van der Waals surface area contributed by atoms with Gasteiger partial charge in [-0.25, -0.2) is 9.78 Å². The monoisotopic (exact) mass is 402 g/mol. The van der Waals surface area contributed by atoms with E-state index in [0.29, 0.717) is 33.4 Å². The van der Waals surface area contributed by atoms with Crippen LogP contribution in [0.2, 0.25) is 0 Å². The third kappa shape index (κ3) is 3.76. The number of amides is 1. The van der Waals surface area contributed by atoms with Gasteiger partial charge in [0.25, 0.3) is 0 Å². The number of nitrogens with one attached hydrogen (secondary N) is 2. The molecule has 1 aliphatic heterocycles. The Kier molecular flexibility index (Phi) is 4.89. The van der Waals surface area contributed by atoms with Crippen molar-refractivity contribution in [3.63, 3.8) is 0 Å². The van der Waals surface area contributed by atoms with E-state index in [1.54, 1.807) is 12.1 Å². The molecule has 0 atom stereocenters. The fourth-order valence-electron chi connectivity index (χ4n) is 3.47. The molecule has 0 saturated heterocycles. The SMILES string of the molecule is COOC/C=C/c1ccc2c(c1)-c1[nH]c3ccc(C(F)(F)F)cc3c1CC(=O)N2. The lowest BCUT2D eigenvalue weighted by Crippen LogP contribution is -2.12. The summed E-state index contributed by atoms with van der Waals surface area (Å²) in [6, 6.07) is 8.99. The molecule has 0 aliphatic carbocycles. The zero-order valence-corrected chi connectivity index (χ0v) is 15.4. The molecule has 2 N–H and O–H groups in total. The van der Waals surface area contributed by atoms with E-state index < -0.39 is 11.7 Å². The van der Waals surface area contributed by atoms with Crippen LogP contribution in [0.4, 0.5) is 18.9 Å². The maximum atomic E-state index is 13.2. The van der Waals surface area contributed by atoms with E-state index in [4.69, 9.17) is 4.89 Å². The van der Waals surface area contributed by atoms with E-state index in [2.05, 4.69) is 15.2 Å². The normalized spacial score (nSPS) is 14.0. The van der Waals surface area contributed by atoms with E-state index in [0.717, 1.165) is 17.7 Å². The maximum absolute atomic E-state index is 13.2. The number of aromatic nitrogens is 1. The third-order valence-corrected chi connectivity index (χ3v) is 4.75. The molecule has 2 aromatic carbocycles. The largest absolute Gasteiger partial charge is 0.416 e. The fourth-order valence-corrected chi connectivity index (χ4v) is 3.47. The molecule has 0 fully saturated rings. The van der Waals surface area contributed by atoms with Gasteiger partial charge in [0.15, 0.2) is 0 Å². The van der Waals surface area contributed by atoms with Crippen molar-refractivity contribution in [1.82, 2.24) is 4.98 Å². The van der Waals surface area contributed by atoms with Crippen molar-refractivity contribution in [3.8, 4) is 11.3 Å². The number of fused-ring (bicyclic) bond motifs is 5. The number of halogens is 3. The number of anilines is 1. The highest BCUT2D eigenvalue weighted by atomic mass is 19.4. The molecule has 1 aromatic heterocycles. The molecule has 0 radical (unpaired) electrons. The minimum atomic E-state index is -4.45. The van der Waals surface area contributed by atoms with Gasteiger partial charge in [0.2, 0.25) is 5.91 Å². The number of carbonyl (C=O) groups is 1. The highest BCUT2D eigenvalue weighted by Crippen LogP contribution is 2.40. The molecule has 0 bridgehead atoms. The van der Waals surface area contributed by atoms with E-state index in [1.165, 1.54) is 13.2 Å². The van der Waals surface area contributed by atoms with Crippen molar-refractivity contribution < 1.29 is 27.7 Å². The average Bonchev–Trinajstić information content (AvgIpc) is 2.96. The molecular formula is C21H17F3N2O3. The van der Waals surface area contributed by atoms with Crippen LogP contribution in [0.25, 0.3) is 28.2 Å². The fraction of sp³-hybridized carbons (Fsp3) is 0.190. The molecule has 8 heteroatoms. The van der Waals surface area contributed by atoms with Crippen LogP contribution in [0.5, 0.6) is 0 Å². The van der Waals surface area contributed by atoms with Gasteiger partial charge in [-0.2, -0.15) is 13.2 Å². The Balaban J connectivity index is 1.84. The van der Waals surface area contributed by atoms with Gasteiger partial charge in [-0.3, -0.25) is 4.79 Å². The Labute approximate surface area is 164 Å². The van der Waals surface area contributed by atoms with Crippen molar-refractivity contribution >= 4 is 28.6 Å². The van der Waals surface area contributed by atoms with Crippen LogP contribution < -0.4 is 5.32 Å². The number of carbonyl (C=O) groups excluding carboxylic acids is 1. The van der Waals surface area contributed by atoms with Crippen LogP contribution in [-0.4, -0.2) is 24.6 Å². The van der Waals surface area contributed by atoms with Crippen molar-refractivity contribution in [2.75, 3.05) is 19.0 Å². The van der Waals surface area contributed by atoms with Crippen LogP contribution >= 0.6 is 0 Å². The molecule has 1 amide bonds. The Bertz CT molecular complexity index is 1120. The average molecular weight is 402 g/mol. The number of hydrogen-bond acceptors (Lipinski definition) is 3. The van der Waals surface area contributed by atoms with Crippen LogP contribution in [0.3, 0.4) is 0 Å². The number of alkyl halides is 3. The van der Waals surface area contributed by atoms with Crippen molar-refractivity contribution in [2.24, 2.45) is 0 Å². The number of hydrogen-bond donors (Lipinski definition) is 2. The van der Waals surface area contributed by atoms with Crippen molar-refractivity contribution in [3.05, 3.63) is 59.2 Å². The van der Waals surface area contributed by atoms with E-state index >= 15 is 0 Å². The molecule has 3 aromatic rings. The van der Waals surface area contributed by atoms with Crippen molar-refractivity contribution in [2.45, 2.75) is 12.6 Å². The molecule has 2 heterocycles. The van der Waals surface area contributed by atoms with Crippen molar-refractivity contribution in [1.29, 1.82) is 0 Å². The Hall–Kier alpha value is -3.10. The molecule has 150 valence electrons. The number of benzene rings is 2. The van der Waals surface area contributed by atoms with E-state index in [-0.39, 0.29) is 18.9 Å². The van der Waals surface area contributed by atoms with Gasteiger partial charge in [-0.15, -0.1) is 0 Å². The first-order chi connectivity index (χ1) is 13.9. The smallest absolute Gasteiger partial charge is 0.354 e. The summed E-state index contributed by atoms with van der Waals surface area (Å²) in [6.45, 7) is 0.266. The van der Waals surface area contributed by atoms with Gasteiger partial charge in [0.1, 0.15) is 6.61 Å². The summed E-state index contributed by atoms with van der Waals surface area (Å²) in [5.41, 5.74) is 3.15. The highest BCUT2D eigenvalue weighted by Gasteiger charge is 2.32. The van der Waals surface area contributed by atoms with E-state index in [9.17, 15) is 18.0 Å². The van der Waals surface area contributed by atoms with Crippen LogP contribution in [0.1, 0.15) is 16.7 Å². The molecular weight excluding hydrogens is 385 g/mol. The summed E-state index contributed by atoms with van der Waals surface area (Å²) in [4.78, 5) is 24.9. The van der Waals surface area contributed by atoms with Crippen LogP contribution in [-0.2, 0) is 27.2 Å². The summed E-state index contributed by atoms with van der Waals surface area (Å²) in [5, 5.41) is 3.21. The second-order valence-electron chi connectivity index (χ2n) is 6.62. The quantitative estimate of drug-likeness (QED) is 0.369. The predicted octanol–water partition coefficient (Wildman–Crippen LogP) is 4.94. The van der Waals surface area contributed by atoms with Gasteiger partial charge in [0, 0.05) is 16.5 Å². The van der Waals surface area contributed by atoms with Gasteiger partial charge in [-0.1, -0.05) is 18.2 Å². The Morgan fingerprint density at radius 1 is 1.17 bits per heavy atom. The van der Waals surface area contributed by atoms with Gasteiger partial charge < -0.3 is 10.3 Å². The third-order valence-electron chi connectivity index (χ3n) is 4.75. The molecule has 5 nitrogen and oxygen atoms in total. The first-order valence-electron chi connectivity index (χ1n) is 8.85. The molecule has 1 aliphatic rings. The van der Waals surface area contributed by atoms with Crippen LogP contribution in [0.15, 0.2) is 42.5 Å². The summed E-state index contributed by atoms with van der Waals surface area (Å²) in [7, 11) is 1.42. The first kappa shape index (κ1) is 19.2. The summed E-state index contributed by atoms with van der Waals surface area (Å²) < 4.78 is 39.5. The Morgan fingerprint density at radius 2 is 2.00 bits per heavy atom. The Morgan fingerprint density at radius 3 is 2.76 bits per heavy atom. The predicted molar refractivity (Wildman–Crippen MR) is 103 cm³/mol. The van der Waals surface area contributed by atoms with Gasteiger partial charge in [0.05, 0.1) is 30.5 Å². The second kappa shape index (κ2) is 7.38. The highest BCUT2D eigenvalue weighted by molar-refractivity contribution is 6.05. The standard InChI is InChI=1S/C21H17F3N2O3/c1-28-29-8-2-3-12-4-6-18-16(9-12)20-15(11-19(27)25-18)14-10-13(21(22,23)24)5-7-17(14)26-20/h2-7,9-10,26H,8,11H2,1H3,(H,25,27)/b3-2+. The maximum Gasteiger partial charge on any atom is 0.416 e. The molecule has 0 saturated carbocycles. The minimum Gasteiger partial charge on any atom is -0.354 e. The zero-order chi connectivity index (χ0) is 20.6. The summed E-state index contributed by atoms with van der Waals surface area (Å²) in [6.07, 6.45) is -0.873. The number of rotatable bonds is 4. The lowest BCUT2D eigenvalue weighted by Gasteiger charge is -2.08. The lowest BCUT2D eigenvalue weighted by atomic mass is 10.00. The molecule has 4 rings (SSSR count).